The molecule has 0 radical (unpaired) electrons. The first kappa shape index (κ1) is 35.9. The van der Waals surface area contributed by atoms with Crippen molar-refractivity contribution in [1.82, 2.24) is 14.3 Å². The Bertz CT molecular complexity index is 1700. The van der Waals surface area contributed by atoms with Gasteiger partial charge in [-0.15, -0.1) is 0 Å². The van der Waals surface area contributed by atoms with E-state index in [4.69, 9.17) is 11.6 Å². The fourth-order valence-corrected chi connectivity index (χ4v) is 8.57. The number of nitrogens with one attached hydrogen (secondary N) is 1. The Labute approximate surface area is 290 Å². The molecule has 2 aromatic carbocycles. The molecule has 2 aliphatic rings. The van der Waals surface area contributed by atoms with E-state index in [-0.39, 0.29) is 10.8 Å². The van der Waals surface area contributed by atoms with E-state index in [1.807, 2.05) is 35.8 Å². The number of hydrogen-bond donors (Lipinski definition) is 2. The lowest BCUT2D eigenvalue weighted by Gasteiger charge is -2.23. The zero-order valence-electron chi connectivity index (χ0n) is 28.1. The zero-order chi connectivity index (χ0) is 34.3. The molecular weight excluding hydrogens is 646 g/mol. The first-order valence-electron chi connectivity index (χ1n) is 17.5. The van der Waals surface area contributed by atoms with Crippen LogP contribution in [0.25, 0.3) is 6.08 Å². The van der Waals surface area contributed by atoms with E-state index in [9.17, 15) is 23.1 Å². The third kappa shape index (κ3) is 8.97. The molecule has 1 heterocycles. The van der Waals surface area contributed by atoms with Gasteiger partial charge in [0.2, 0.25) is 5.91 Å². The molecule has 2 saturated carbocycles. The summed E-state index contributed by atoms with van der Waals surface area (Å²) in [6.45, 7) is 4.43. The van der Waals surface area contributed by atoms with Crippen molar-refractivity contribution in [3.63, 3.8) is 0 Å². The second-order valence-corrected chi connectivity index (χ2v) is 15.7. The Balaban J connectivity index is 1.41. The highest BCUT2D eigenvalue weighted by molar-refractivity contribution is 7.90. The van der Waals surface area contributed by atoms with E-state index in [2.05, 4.69) is 16.6 Å². The first-order valence-corrected chi connectivity index (χ1v) is 19.3. The highest BCUT2D eigenvalue weighted by Gasteiger charge is 2.34. The van der Waals surface area contributed by atoms with Crippen molar-refractivity contribution in [2.75, 3.05) is 0 Å². The number of carboxylic acids is 1. The third-order valence-corrected chi connectivity index (χ3v) is 11.7. The number of amides is 1. The number of benzene rings is 2. The van der Waals surface area contributed by atoms with Gasteiger partial charge in [-0.2, -0.15) is 0 Å². The summed E-state index contributed by atoms with van der Waals surface area (Å²) in [5.41, 5.74) is 3.61. The Morgan fingerprint density at radius 2 is 1.65 bits per heavy atom. The van der Waals surface area contributed by atoms with Gasteiger partial charge in [-0.3, -0.25) is 4.79 Å². The van der Waals surface area contributed by atoms with E-state index in [1.54, 1.807) is 18.2 Å². The standard InChI is InChI=1S/C38H48ClN3O5S/c1-3-4-14-34-40-36(39)33(24-31(38(44)45)23-27-10-6-5-7-11-27)42(34)25-28-17-19-30(20-18-28)35(29-12-8-9-13-29)37(43)41-48(46,47)32-21-15-26(2)16-22-32/h15-22,24,27,29,35H,3-14,23,25H2,1-2H3,(H,41,43)(H,44,45). The quantitative estimate of drug-likeness (QED) is 0.164. The fourth-order valence-electron chi connectivity index (χ4n) is 7.31. The number of halogens is 1. The van der Waals surface area contributed by atoms with Crippen molar-refractivity contribution in [3.8, 4) is 0 Å². The largest absolute Gasteiger partial charge is 0.478 e. The number of sulfonamides is 1. The average Bonchev–Trinajstić information content (AvgIpc) is 3.69. The van der Waals surface area contributed by atoms with Crippen LogP contribution in [0.4, 0.5) is 0 Å². The molecule has 2 N–H and O–H groups in total. The van der Waals surface area contributed by atoms with Crippen molar-refractivity contribution in [1.29, 1.82) is 0 Å². The van der Waals surface area contributed by atoms with Crippen LogP contribution in [0, 0.1) is 18.8 Å². The molecule has 0 aliphatic heterocycles. The van der Waals surface area contributed by atoms with Crippen molar-refractivity contribution < 1.29 is 23.1 Å². The van der Waals surface area contributed by atoms with Gasteiger partial charge < -0.3 is 9.67 Å². The molecule has 0 spiro atoms. The molecule has 48 heavy (non-hydrogen) atoms. The maximum Gasteiger partial charge on any atom is 0.331 e. The van der Waals surface area contributed by atoms with Gasteiger partial charge in [0.1, 0.15) is 5.82 Å². The Kier molecular flexibility index (Phi) is 12.2. The maximum absolute atomic E-state index is 13.7. The second-order valence-electron chi connectivity index (χ2n) is 13.6. The number of nitrogens with zero attached hydrogens (tertiary/aromatic N) is 2. The molecule has 8 nitrogen and oxygen atoms in total. The van der Waals surface area contributed by atoms with Gasteiger partial charge in [0.15, 0.2) is 5.15 Å². The van der Waals surface area contributed by atoms with Gasteiger partial charge in [-0.05, 0) is 73.8 Å². The Morgan fingerprint density at radius 1 is 1.00 bits per heavy atom. The molecule has 1 atom stereocenters. The lowest BCUT2D eigenvalue weighted by molar-refractivity contribution is -0.132. The average molecular weight is 694 g/mol. The van der Waals surface area contributed by atoms with Crippen LogP contribution in [-0.4, -0.2) is 35.0 Å². The van der Waals surface area contributed by atoms with E-state index in [1.165, 1.54) is 18.6 Å². The normalized spacial score (nSPS) is 17.0. The van der Waals surface area contributed by atoms with Crippen molar-refractivity contribution in [3.05, 3.63) is 87.5 Å². The minimum Gasteiger partial charge on any atom is -0.478 e. The predicted molar refractivity (Wildman–Crippen MR) is 189 cm³/mol. The minimum absolute atomic E-state index is 0.0486. The SMILES string of the molecule is CCCCc1nc(Cl)c(C=C(CC2CCCCC2)C(=O)O)n1Cc1ccc(C(C(=O)NS(=O)(=O)c2ccc(C)cc2)C2CCCC2)cc1. The summed E-state index contributed by atoms with van der Waals surface area (Å²) in [5.74, 6) is -0.813. The monoisotopic (exact) mass is 693 g/mol. The molecule has 2 fully saturated rings. The zero-order valence-corrected chi connectivity index (χ0v) is 29.7. The number of carboxylic acid groups (broad SMARTS) is 1. The number of carbonyl (C=O) groups is 2. The van der Waals surface area contributed by atoms with E-state index >= 15 is 0 Å². The molecule has 1 amide bonds. The van der Waals surface area contributed by atoms with Crippen molar-refractivity contribution in [2.45, 2.75) is 115 Å². The van der Waals surface area contributed by atoms with Crippen LogP contribution < -0.4 is 4.72 Å². The Hall–Kier alpha value is -3.43. The van der Waals surface area contributed by atoms with Crippen LogP contribution in [-0.2, 0) is 32.6 Å². The van der Waals surface area contributed by atoms with Crippen LogP contribution in [0.5, 0.6) is 0 Å². The summed E-state index contributed by atoms with van der Waals surface area (Å²) in [6, 6.07) is 14.2. The minimum atomic E-state index is -4.02. The second kappa shape index (κ2) is 16.3. The van der Waals surface area contributed by atoms with Gasteiger partial charge in [-0.25, -0.2) is 22.9 Å². The van der Waals surface area contributed by atoms with E-state index in [0.717, 1.165) is 86.7 Å². The molecule has 1 aromatic heterocycles. The smallest absolute Gasteiger partial charge is 0.331 e. The molecule has 3 aromatic rings. The van der Waals surface area contributed by atoms with Gasteiger partial charge in [0.25, 0.3) is 10.0 Å². The van der Waals surface area contributed by atoms with Gasteiger partial charge in [0.05, 0.1) is 16.5 Å². The van der Waals surface area contributed by atoms with E-state index < -0.39 is 27.8 Å². The van der Waals surface area contributed by atoms with Gasteiger partial charge >= 0.3 is 5.97 Å². The van der Waals surface area contributed by atoms with Crippen LogP contribution in [0.2, 0.25) is 5.15 Å². The van der Waals surface area contributed by atoms with Crippen LogP contribution in [0.15, 0.2) is 59.0 Å². The maximum atomic E-state index is 13.7. The molecule has 5 rings (SSSR count). The topological polar surface area (TPSA) is 118 Å². The highest BCUT2D eigenvalue weighted by atomic mass is 35.5. The van der Waals surface area contributed by atoms with E-state index in [0.29, 0.717) is 41.7 Å². The molecule has 10 heteroatoms. The van der Waals surface area contributed by atoms with Crippen LogP contribution in [0.1, 0.15) is 118 Å². The fraction of sp³-hybridized carbons (Fsp3) is 0.500. The summed E-state index contributed by atoms with van der Waals surface area (Å²) < 4.78 is 30.7. The summed E-state index contributed by atoms with van der Waals surface area (Å²) in [5, 5.41) is 10.4. The van der Waals surface area contributed by atoms with Crippen LogP contribution >= 0.6 is 11.6 Å². The molecule has 0 saturated heterocycles. The summed E-state index contributed by atoms with van der Waals surface area (Å²) >= 11 is 6.70. The molecule has 0 bridgehead atoms. The summed E-state index contributed by atoms with van der Waals surface area (Å²) in [7, 11) is -4.02. The lowest BCUT2D eigenvalue weighted by atomic mass is 9.84. The van der Waals surface area contributed by atoms with Crippen molar-refractivity contribution in [2.24, 2.45) is 11.8 Å². The molecular formula is C38H48ClN3O5S. The summed E-state index contributed by atoms with van der Waals surface area (Å²) in [6.07, 6.45) is 14.2. The number of aromatic nitrogens is 2. The lowest BCUT2D eigenvalue weighted by Crippen LogP contribution is -2.37. The number of carbonyl (C=O) groups excluding carboxylic acids is 1. The number of aryl methyl sites for hydroxylation is 2. The number of unbranched alkanes of at least 4 members (excludes halogenated alkanes) is 1. The van der Waals surface area contributed by atoms with Crippen molar-refractivity contribution >= 4 is 39.6 Å². The third-order valence-electron chi connectivity index (χ3n) is 10.0. The summed E-state index contributed by atoms with van der Waals surface area (Å²) in [4.78, 5) is 30.8. The molecule has 1 unspecified atom stereocenters. The van der Waals surface area contributed by atoms with Crippen LogP contribution in [0.3, 0.4) is 0 Å². The van der Waals surface area contributed by atoms with Gasteiger partial charge in [0, 0.05) is 18.5 Å². The molecule has 258 valence electrons. The Morgan fingerprint density at radius 3 is 2.27 bits per heavy atom. The number of hydrogen-bond acceptors (Lipinski definition) is 5. The first-order chi connectivity index (χ1) is 23.1. The number of imidazole rings is 1. The molecule has 2 aliphatic carbocycles. The number of aliphatic carboxylic acids is 1. The van der Waals surface area contributed by atoms with Gasteiger partial charge in [-0.1, -0.05) is 112 Å². The highest BCUT2D eigenvalue weighted by Crippen LogP contribution is 2.38. The number of rotatable bonds is 14. The predicted octanol–water partition coefficient (Wildman–Crippen LogP) is 8.45.